The molecule has 21 heavy (non-hydrogen) atoms. The lowest BCUT2D eigenvalue weighted by Crippen LogP contribution is -2.06. The van der Waals surface area contributed by atoms with Gasteiger partial charge < -0.3 is 9.47 Å². The molecule has 0 spiro atoms. The fourth-order valence-corrected chi connectivity index (χ4v) is 2.36. The van der Waals surface area contributed by atoms with E-state index >= 15 is 0 Å². The first-order valence-corrected chi connectivity index (χ1v) is 6.96. The Balaban J connectivity index is 2.37. The smallest absolute Gasteiger partial charge is 0.303 e. The van der Waals surface area contributed by atoms with Crippen molar-refractivity contribution in [2.24, 2.45) is 0 Å². The van der Waals surface area contributed by atoms with Crippen molar-refractivity contribution in [3.05, 3.63) is 59.7 Å². The van der Waals surface area contributed by atoms with Gasteiger partial charge in [-0.05, 0) is 35.2 Å². The van der Waals surface area contributed by atoms with Crippen molar-refractivity contribution in [3.8, 4) is 11.1 Å². The summed E-state index contributed by atoms with van der Waals surface area (Å²) in [4.78, 5) is 11.1. The molecule has 0 aliphatic heterocycles. The summed E-state index contributed by atoms with van der Waals surface area (Å²) >= 11 is 0. The van der Waals surface area contributed by atoms with Crippen LogP contribution in [0, 0.1) is 0 Å². The molecule has 3 heteroatoms. The van der Waals surface area contributed by atoms with Gasteiger partial charge in [0.05, 0.1) is 6.61 Å². The summed E-state index contributed by atoms with van der Waals surface area (Å²) < 4.78 is 10.5. The maximum absolute atomic E-state index is 11.1. The van der Waals surface area contributed by atoms with Crippen LogP contribution in [0.5, 0.6) is 0 Å². The first kappa shape index (κ1) is 15.3. The molecule has 0 saturated heterocycles. The number of hydrogen-bond acceptors (Lipinski definition) is 3. The molecule has 110 valence electrons. The Morgan fingerprint density at radius 3 is 2.48 bits per heavy atom. The van der Waals surface area contributed by atoms with Gasteiger partial charge in [0.2, 0.25) is 0 Å². The predicted molar refractivity (Wildman–Crippen MR) is 82.8 cm³/mol. The fraction of sp³-hybridized carbons (Fsp3) is 0.278. The zero-order chi connectivity index (χ0) is 15.2. The lowest BCUT2D eigenvalue weighted by Gasteiger charge is -2.16. The van der Waals surface area contributed by atoms with Gasteiger partial charge >= 0.3 is 5.97 Å². The Kier molecular flexibility index (Phi) is 5.12. The summed E-state index contributed by atoms with van der Waals surface area (Å²) in [5, 5.41) is 0. The van der Waals surface area contributed by atoms with Crippen LogP contribution in [0.25, 0.3) is 11.1 Å². The summed E-state index contributed by atoms with van der Waals surface area (Å²) in [6.45, 7) is 3.81. The fourth-order valence-electron chi connectivity index (χ4n) is 2.36. The number of rotatable bonds is 5. The van der Waals surface area contributed by atoms with Crippen molar-refractivity contribution in [1.29, 1.82) is 0 Å². The summed E-state index contributed by atoms with van der Waals surface area (Å²) in [6.07, 6.45) is -0.261. The van der Waals surface area contributed by atoms with Crippen molar-refractivity contribution >= 4 is 5.97 Å². The van der Waals surface area contributed by atoms with E-state index in [1.807, 2.05) is 37.3 Å². The third-order valence-corrected chi connectivity index (χ3v) is 3.33. The second kappa shape index (κ2) is 7.04. The van der Waals surface area contributed by atoms with Gasteiger partial charge in [0.1, 0.15) is 6.10 Å². The van der Waals surface area contributed by atoms with Crippen LogP contribution < -0.4 is 0 Å². The first-order valence-electron chi connectivity index (χ1n) is 6.96. The molecule has 1 atom stereocenters. The normalized spacial score (nSPS) is 12.0. The molecule has 0 radical (unpaired) electrons. The van der Waals surface area contributed by atoms with E-state index in [0.29, 0.717) is 6.61 Å². The molecule has 3 nitrogen and oxygen atoms in total. The average molecular weight is 284 g/mol. The van der Waals surface area contributed by atoms with Gasteiger partial charge in [-0.25, -0.2) is 0 Å². The van der Waals surface area contributed by atoms with Gasteiger partial charge in [-0.15, -0.1) is 0 Å². The van der Waals surface area contributed by atoms with Gasteiger partial charge in [-0.2, -0.15) is 0 Å². The molecule has 1 unspecified atom stereocenters. The van der Waals surface area contributed by atoms with Gasteiger partial charge in [0.25, 0.3) is 0 Å². The highest BCUT2D eigenvalue weighted by Crippen LogP contribution is 2.28. The van der Waals surface area contributed by atoms with E-state index in [1.165, 1.54) is 6.92 Å². The second-order valence-corrected chi connectivity index (χ2v) is 4.97. The number of esters is 1. The Morgan fingerprint density at radius 1 is 1.14 bits per heavy atom. The summed E-state index contributed by atoms with van der Waals surface area (Å²) in [6, 6.07) is 16.3. The SMILES string of the molecule is COCc1cc(C(C)OC(C)=O)ccc1-c1ccccc1. The minimum Gasteiger partial charge on any atom is -0.458 e. The molecule has 0 aliphatic carbocycles. The van der Waals surface area contributed by atoms with Crippen molar-refractivity contribution in [1.82, 2.24) is 0 Å². The van der Waals surface area contributed by atoms with E-state index in [0.717, 1.165) is 22.3 Å². The molecule has 2 rings (SSSR count). The van der Waals surface area contributed by atoms with Crippen molar-refractivity contribution < 1.29 is 14.3 Å². The number of benzene rings is 2. The minimum absolute atomic E-state index is 0.261. The molecule has 0 heterocycles. The third kappa shape index (κ3) is 3.92. The zero-order valence-corrected chi connectivity index (χ0v) is 12.6. The van der Waals surface area contributed by atoms with E-state index in [9.17, 15) is 4.79 Å². The van der Waals surface area contributed by atoms with Crippen LogP contribution in [0.2, 0.25) is 0 Å². The lowest BCUT2D eigenvalue weighted by molar-refractivity contribution is -0.145. The Hall–Kier alpha value is -2.13. The number of hydrogen-bond donors (Lipinski definition) is 0. The Morgan fingerprint density at radius 2 is 1.86 bits per heavy atom. The van der Waals surface area contributed by atoms with Crippen LogP contribution in [0.15, 0.2) is 48.5 Å². The van der Waals surface area contributed by atoms with E-state index in [2.05, 4.69) is 18.2 Å². The molecule has 0 saturated carbocycles. The molecule has 0 bridgehead atoms. The van der Waals surface area contributed by atoms with Gasteiger partial charge in [-0.1, -0.05) is 42.5 Å². The zero-order valence-electron chi connectivity index (χ0n) is 12.6. The number of carbonyl (C=O) groups is 1. The summed E-state index contributed by atoms with van der Waals surface area (Å²) in [5.74, 6) is -0.275. The van der Waals surface area contributed by atoms with Gasteiger partial charge in [0.15, 0.2) is 0 Å². The molecular weight excluding hydrogens is 264 g/mol. The molecule has 0 aromatic heterocycles. The van der Waals surface area contributed by atoms with Gasteiger partial charge in [0, 0.05) is 14.0 Å². The quantitative estimate of drug-likeness (QED) is 0.775. The Labute approximate surface area is 125 Å². The summed E-state index contributed by atoms with van der Waals surface area (Å²) in [7, 11) is 1.68. The monoisotopic (exact) mass is 284 g/mol. The molecule has 0 fully saturated rings. The topological polar surface area (TPSA) is 35.5 Å². The van der Waals surface area contributed by atoms with Crippen LogP contribution in [-0.4, -0.2) is 13.1 Å². The highest BCUT2D eigenvalue weighted by Gasteiger charge is 2.12. The van der Waals surface area contributed by atoms with Crippen molar-refractivity contribution in [2.45, 2.75) is 26.6 Å². The number of methoxy groups -OCH3 is 1. The third-order valence-electron chi connectivity index (χ3n) is 3.33. The van der Waals surface area contributed by atoms with Crippen molar-refractivity contribution in [2.75, 3.05) is 7.11 Å². The van der Waals surface area contributed by atoms with Crippen molar-refractivity contribution in [3.63, 3.8) is 0 Å². The molecule has 0 amide bonds. The Bertz CT molecular complexity index is 605. The number of ether oxygens (including phenoxy) is 2. The second-order valence-electron chi connectivity index (χ2n) is 4.97. The largest absolute Gasteiger partial charge is 0.458 e. The highest BCUT2D eigenvalue weighted by molar-refractivity contribution is 5.68. The molecule has 2 aromatic carbocycles. The van der Waals surface area contributed by atoms with Crippen LogP contribution in [0.4, 0.5) is 0 Å². The maximum Gasteiger partial charge on any atom is 0.303 e. The first-order chi connectivity index (χ1) is 10.1. The standard InChI is InChI=1S/C18H20O3/c1-13(21-14(2)19)16-9-10-18(17(11-16)12-20-3)15-7-5-4-6-8-15/h4-11,13H,12H2,1-3H3. The van der Waals surface area contributed by atoms with Gasteiger partial charge in [-0.3, -0.25) is 4.79 Å². The van der Waals surface area contributed by atoms with E-state index < -0.39 is 0 Å². The van der Waals surface area contributed by atoms with E-state index in [1.54, 1.807) is 7.11 Å². The number of carbonyl (C=O) groups excluding carboxylic acids is 1. The average Bonchev–Trinajstić information content (AvgIpc) is 2.48. The lowest BCUT2D eigenvalue weighted by atomic mass is 9.96. The predicted octanol–water partition coefficient (Wildman–Crippen LogP) is 4.12. The molecule has 2 aromatic rings. The highest BCUT2D eigenvalue weighted by atomic mass is 16.5. The van der Waals surface area contributed by atoms with Crippen LogP contribution in [0.3, 0.4) is 0 Å². The van der Waals surface area contributed by atoms with Crippen LogP contribution in [-0.2, 0) is 20.9 Å². The molecule has 0 aliphatic rings. The van der Waals surface area contributed by atoms with Crippen LogP contribution >= 0.6 is 0 Å². The summed E-state index contributed by atoms with van der Waals surface area (Å²) in [5.41, 5.74) is 4.34. The minimum atomic E-state index is -0.275. The van der Waals surface area contributed by atoms with Crippen LogP contribution in [0.1, 0.15) is 31.1 Å². The van der Waals surface area contributed by atoms with E-state index in [4.69, 9.17) is 9.47 Å². The molecular formula is C18H20O3. The maximum atomic E-state index is 11.1. The van der Waals surface area contributed by atoms with E-state index in [-0.39, 0.29) is 12.1 Å². The molecule has 0 N–H and O–H groups in total.